The summed E-state index contributed by atoms with van der Waals surface area (Å²) in [6.45, 7) is 0. The van der Waals surface area contributed by atoms with Gasteiger partial charge in [0.1, 0.15) is 11.5 Å². The topological polar surface area (TPSA) is 89.1 Å². The average molecular weight is 283 g/mol. The molecule has 8 heteroatoms. The molecule has 1 aromatic heterocycles. The van der Waals surface area contributed by atoms with Crippen LogP contribution in [-0.2, 0) is 0 Å². The van der Waals surface area contributed by atoms with Gasteiger partial charge in [-0.05, 0) is 6.07 Å². The number of rotatable bonds is 4. The zero-order valence-corrected chi connectivity index (χ0v) is 11.0. The number of aromatic amines is 1. The number of benzene rings is 1. The van der Waals surface area contributed by atoms with Crippen molar-refractivity contribution in [2.75, 3.05) is 19.5 Å². The van der Waals surface area contributed by atoms with Crippen molar-refractivity contribution >= 4 is 23.2 Å². The van der Waals surface area contributed by atoms with Gasteiger partial charge in [-0.3, -0.25) is 4.79 Å². The lowest BCUT2D eigenvalue weighted by molar-refractivity contribution is 0.102. The molecule has 2 aromatic rings. The number of ether oxygens (including phenoxy) is 2. The van der Waals surface area contributed by atoms with Crippen molar-refractivity contribution in [3.8, 4) is 11.5 Å². The Bertz CT molecular complexity index is 586. The second kappa shape index (κ2) is 5.57. The molecule has 1 aromatic carbocycles. The summed E-state index contributed by atoms with van der Waals surface area (Å²) in [4.78, 5) is 11.8. The summed E-state index contributed by atoms with van der Waals surface area (Å²) in [6, 6.07) is 3.12. The van der Waals surface area contributed by atoms with Gasteiger partial charge in [-0.2, -0.15) is 15.4 Å². The number of methoxy groups -OCH3 is 2. The van der Waals surface area contributed by atoms with Gasteiger partial charge in [-0.15, -0.1) is 0 Å². The van der Waals surface area contributed by atoms with E-state index in [1.54, 1.807) is 6.07 Å². The molecule has 1 amide bonds. The second-order valence-corrected chi connectivity index (χ2v) is 3.90. The number of amides is 1. The SMILES string of the molecule is COc1cc(OC)c(NC(=O)c2cn[nH]n2)cc1Cl. The Balaban J connectivity index is 2.29. The lowest BCUT2D eigenvalue weighted by Crippen LogP contribution is -2.13. The third-order valence-corrected chi connectivity index (χ3v) is 2.67. The van der Waals surface area contributed by atoms with Crippen LogP contribution in [0.1, 0.15) is 10.5 Å². The quantitative estimate of drug-likeness (QED) is 0.891. The summed E-state index contributed by atoms with van der Waals surface area (Å²) >= 11 is 6.00. The minimum atomic E-state index is -0.423. The van der Waals surface area contributed by atoms with Gasteiger partial charge in [0.15, 0.2) is 5.69 Å². The second-order valence-electron chi connectivity index (χ2n) is 3.50. The molecule has 0 saturated carbocycles. The number of anilines is 1. The zero-order valence-electron chi connectivity index (χ0n) is 10.2. The van der Waals surface area contributed by atoms with Crippen LogP contribution in [0.5, 0.6) is 11.5 Å². The molecule has 0 radical (unpaired) electrons. The third-order valence-electron chi connectivity index (χ3n) is 2.37. The first-order valence-electron chi connectivity index (χ1n) is 5.24. The van der Waals surface area contributed by atoms with Crippen molar-refractivity contribution in [1.82, 2.24) is 15.4 Å². The summed E-state index contributed by atoms with van der Waals surface area (Å²) in [7, 11) is 2.97. The molecule has 0 aliphatic carbocycles. The number of carbonyl (C=O) groups excluding carboxylic acids is 1. The minimum absolute atomic E-state index is 0.161. The minimum Gasteiger partial charge on any atom is -0.495 e. The summed E-state index contributed by atoms with van der Waals surface area (Å²) < 4.78 is 10.2. The van der Waals surface area contributed by atoms with E-state index in [2.05, 4.69) is 20.7 Å². The highest BCUT2D eigenvalue weighted by Crippen LogP contribution is 2.35. The van der Waals surface area contributed by atoms with Crippen molar-refractivity contribution in [3.05, 3.63) is 29.0 Å². The van der Waals surface area contributed by atoms with Crippen LogP contribution in [0.15, 0.2) is 18.3 Å². The van der Waals surface area contributed by atoms with E-state index in [1.807, 2.05) is 0 Å². The van der Waals surface area contributed by atoms with Crippen LogP contribution < -0.4 is 14.8 Å². The Hall–Kier alpha value is -2.28. The maximum absolute atomic E-state index is 11.8. The first kappa shape index (κ1) is 13.2. The number of aromatic nitrogens is 3. The maximum atomic E-state index is 11.8. The molecule has 0 spiro atoms. The van der Waals surface area contributed by atoms with E-state index in [-0.39, 0.29) is 5.69 Å². The third kappa shape index (κ3) is 2.76. The number of nitrogens with zero attached hydrogens (tertiary/aromatic N) is 2. The van der Waals surface area contributed by atoms with Gasteiger partial charge in [0.25, 0.3) is 5.91 Å². The van der Waals surface area contributed by atoms with Gasteiger partial charge in [0, 0.05) is 6.07 Å². The molecule has 0 unspecified atom stereocenters. The Morgan fingerprint density at radius 2 is 2.05 bits per heavy atom. The van der Waals surface area contributed by atoms with Crippen LogP contribution in [0.25, 0.3) is 0 Å². The first-order chi connectivity index (χ1) is 9.15. The van der Waals surface area contributed by atoms with Crippen LogP contribution in [0, 0.1) is 0 Å². The number of halogens is 1. The highest BCUT2D eigenvalue weighted by molar-refractivity contribution is 6.32. The zero-order chi connectivity index (χ0) is 13.8. The highest BCUT2D eigenvalue weighted by atomic mass is 35.5. The number of carbonyl (C=O) groups is 1. The summed E-state index contributed by atoms with van der Waals surface area (Å²) in [5, 5.41) is 12.6. The van der Waals surface area contributed by atoms with Crippen LogP contribution in [0.2, 0.25) is 5.02 Å². The molecule has 0 aliphatic rings. The van der Waals surface area contributed by atoms with E-state index in [4.69, 9.17) is 21.1 Å². The van der Waals surface area contributed by atoms with E-state index in [0.717, 1.165) is 0 Å². The van der Waals surface area contributed by atoms with Gasteiger partial charge in [0.2, 0.25) is 0 Å². The molecule has 2 rings (SSSR count). The fourth-order valence-electron chi connectivity index (χ4n) is 1.46. The Morgan fingerprint density at radius 3 is 2.63 bits per heavy atom. The molecule has 0 atom stereocenters. The van der Waals surface area contributed by atoms with E-state index in [9.17, 15) is 4.79 Å². The van der Waals surface area contributed by atoms with E-state index in [1.165, 1.54) is 26.5 Å². The fourth-order valence-corrected chi connectivity index (χ4v) is 1.70. The molecule has 0 fully saturated rings. The van der Waals surface area contributed by atoms with Gasteiger partial charge >= 0.3 is 0 Å². The maximum Gasteiger partial charge on any atom is 0.277 e. The van der Waals surface area contributed by atoms with Crippen molar-refractivity contribution in [2.45, 2.75) is 0 Å². The van der Waals surface area contributed by atoms with E-state index < -0.39 is 5.91 Å². The van der Waals surface area contributed by atoms with Crippen molar-refractivity contribution in [1.29, 1.82) is 0 Å². The summed E-state index contributed by atoms with van der Waals surface area (Å²) in [5.41, 5.74) is 0.579. The predicted molar refractivity (Wildman–Crippen MR) is 68.9 cm³/mol. The van der Waals surface area contributed by atoms with Gasteiger partial charge in [-0.25, -0.2) is 0 Å². The number of nitrogens with one attached hydrogen (secondary N) is 2. The number of H-pyrrole nitrogens is 1. The molecule has 7 nitrogen and oxygen atoms in total. The Morgan fingerprint density at radius 1 is 1.32 bits per heavy atom. The molecular weight excluding hydrogens is 272 g/mol. The molecule has 2 N–H and O–H groups in total. The lowest BCUT2D eigenvalue weighted by atomic mass is 10.2. The highest BCUT2D eigenvalue weighted by Gasteiger charge is 2.14. The number of hydrogen-bond donors (Lipinski definition) is 2. The van der Waals surface area contributed by atoms with Crippen molar-refractivity contribution in [3.63, 3.8) is 0 Å². The van der Waals surface area contributed by atoms with E-state index in [0.29, 0.717) is 22.2 Å². The van der Waals surface area contributed by atoms with Gasteiger partial charge < -0.3 is 14.8 Å². The molecule has 100 valence electrons. The fraction of sp³-hybridized carbons (Fsp3) is 0.182. The van der Waals surface area contributed by atoms with Crippen molar-refractivity contribution < 1.29 is 14.3 Å². The van der Waals surface area contributed by atoms with Gasteiger partial charge in [0.05, 0.1) is 31.1 Å². The molecule has 0 saturated heterocycles. The standard InChI is InChI=1S/C11H11ClN4O3/c1-18-9-4-10(19-2)7(3-6(9)12)14-11(17)8-5-13-16-15-8/h3-5H,1-2H3,(H,14,17)(H,13,15,16). The summed E-state index contributed by atoms with van der Waals surface area (Å²) in [5.74, 6) is 0.462. The van der Waals surface area contributed by atoms with E-state index >= 15 is 0 Å². The Labute approximate surface area is 113 Å². The first-order valence-corrected chi connectivity index (χ1v) is 5.62. The molecule has 19 heavy (non-hydrogen) atoms. The molecule has 1 heterocycles. The van der Waals surface area contributed by atoms with Crippen molar-refractivity contribution in [2.24, 2.45) is 0 Å². The normalized spacial score (nSPS) is 10.1. The smallest absolute Gasteiger partial charge is 0.277 e. The largest absolute Gasteiger partial charge is 0.495 e. The molecular formula is C11H11ClN4O3. The van der Waals surface area contributed by atoms with Crippen LogP contribution in [0.4, 0.5) is 5.69 Å². The van der Waals surface area contributed by atoms with Gasteiger partial charge in [-0.1, -0.05) is 11.6 Å². The lowest BCUT2D eigenvalue weighted by Gasteiger charge is -2.12. The van der Waals surface area contributed by atoms with Crippen LogP contribution in [-0.4, -0.2) is 35.5 Å². The number of hydrogen-bond acceptors (Lipinski definition) is 5. The monoisotopic (exact) mass is 282 g/mol. The average Bonchev–Trinajstić information content (AvgIpc) is 2.93. The Kier molecular flexibility index (Phi) is 3.86. The predicted octanol–water partition coefficient (Wildman–Crippen LogP) is 1.73. The molecule has 0 aliphatic heterocycles. The summed E-state index contributed by atoms with van der Waals surface area (Å²) in [6.07, 6.45) is 1.31. The van der Waals surface area contributed by atoms with Crippen LogP contribution >= 0.6 is 11.6 Å². The molecule has 0 bridgehead atoms. The van der Waals surface area contributed by atoms with Crippen LogP contribution in [0.3, 0.4) is 0 Å².